The summed E-state index contributed by atoms with van der Waals surface area (Å²) in [6.45, 7) is 4.80. The quantitative estimate of drug-likeness (QED) is 0.438. The smallest absolute Gasteiger partial charge is 0.335 e. The third kappa shape index (κ3) is 2.39. The van der Waals surface area contributed by atoms with Crippen molar-refractivity contribution in [1.82, 2.24) is 4.31 Å². The maximum atomic E-state index is 11.5. The van der Waals surface area contributed by atoms with Gasteiger partial charge >= 0.3 is 5.97 Å². The van der Waals surface area contributed by atoms with E-state index in [-0.39, 0.29) is 12.0 Å². The van der Waals surface area contributed by atoms with Gasteiger partial charge in [-0.1, -0.05) is 31.0 Å². The minimum atomic E-state index is -0.243. The molecule has 1 aliphatic rings. The molecule has 0 spiro atoms. The molecule has 1 heterocycles. The molecule has 0 saturated heterocycles. The van der Waals surface area contributed by atoms with Crippen molar-refractivity contribution in [2.45, 2.75) is 19.9 Å². The lowest BCUT2D eigenvalue weighted by molar-refractivity contribution is -0.138. The highest BCUT2D eigenvalue weighted by Gasteiger charge is 2.28. The Labute approximate surface area is 90.0 Å². The average molecular weight is 213 g/mol. The highest BCUT2D eigenvalue weighted by atomic mass is 32.1. The topological polar surface area (TPSA) is 29.5 Å². The predicted octanol–water partition coefficient (Wildman–Crippen LogP) is 1.58. The van der Waals surface area contributed by atoms with Crippen LogP contribution in [0.2, 0.25) is 0 Å². The minimum Gasteiger partial charge on any atom is -0.463 e. The number of hydrogen-bond acceptors (Lipinski definition) is 4. The maximum Gasteiger partial charge on any atom is 0.335 e. The van der Waals surface area contributed by atoms with Crippen molar-refractivity contribution in [2.75, 3.05) is 13.2 Å². The lowest BCUT2D eigenvalue weighted by Gasteiger charge is -2.17. The molecule has 4 heteroatoms. The largest absolute Gasteiger partial charge is 0.463 e. The van der Waals surface area contributed by atoms with Crippen LogP contribution in [-0.2, 0) is 9.53 Å². The summed E-state index contributed by atoms with van der Waals surface area (Å²) in [6.07, 6.45) is 5.70. The van der Waals surface area contributed by atoms with E-state index in [0.717, 1.165) is 0 Å². The molecule has 0 aromatic heterocycles. The second-order valence-electron chi connectivity index (χ2n) is 2.97. The van der Waals surface area contributed by atoms with Gasteiger partial charge in [0.15, 0.2) is 0 Å². The van der Waals surface area contributed by atoms with E-state index in [1.807, 2.05) is 25.2 Å². The molecule has 0 N–H and O–H groups in total. The first-order chi connectivity index (χ1) is 6.70. The van der Waals surface area contributed by atoms with Crippen LogP contribution >= 0.6 is 12.8 Å². The Kier molecular flexibility index (Phi) is 4.22. The molecule has 0 aliphatic carbocycles. The highest BCUT2D eigenvalue weighted by Crippen LogP contribution is 2.22. The van der Waals surface area contributed by atoms with Crippen LogP contribution in [0.25, 0.3) is 0 Å². The number of esters is 1. The average Bonchev–Trinajstić information content (AvgIpc) is 2.50. The standard InChI is InChI=1S/C10H15NO2S/c1-3-5-9-8(6-7-11(9)14)10(12)13-4-2/h3,5-6,9,14H,4,7H2,1-2H3/b5-3+. The molecular weight excluding hydrogens is 198 g/mol. The van der Waals surface area contributed by atoms with Gasteiger partial charge in [-0.15, -0.1) is 0 Å². The minimum absolute atomic E-state index is 0.0533. The van der Waals surface area contributed by atoms with Gasteiger partial charge in [0.2, 0.25) is 0 Å². The zero-order valence-electron chi connectivity index (χ0n) is 8.43. The Balaban J connectivity index is 2.72. The van der Waals surface area contributed by atoms with Gasteiger partial charge in [-0.25, -0.2) is 9.10 Å². The molecule has 0 fully saturated rings. The summed E-state index contributed by atoms with van der Waals surface area (Å²) in [5, 5.41) is 0. The zero-order chi connectivity index (χ0) is 10.6. The number of carbonyl (C=O) groups excluding carboxylic acids is 1. The summed E-state index contributed by atoms with van der Waals surface area (Å²) < 4.78 is 6.75. The Hall–Kier alpha value is -0.740. The molecule has 0 radical (unpaired) electrons. The SMILES string of the molecule is C/C=C/C1C(C(=O)OCC)=CCN1S. The van der Waals surface area contributed by atoms with E-state index in [0.29, 0.717) is 18.7 Å². The summed E-state index contributed by atoms with van der Waals surface area (Å²) >= 11 is 4.27. The van der Waals surface area contributed by atoms with Gasteiger partial charge in [0.1, 0.15) is 0 Å². The number of carbonyl (C=O) groups is 1. The highest BCUT2D eigenvalue weighted by molar-refractivity contribution is 7.77. The molecule has 0 bridgehead atoms. The lowest BCUT2D eigenvalue weighted by Crippen LogP contribution is -2.25. The van der Waals surface area contributed by atoms with Gasteiger partial charge in [-0.05, 0) is 13.8 Å². The monoisotopic (exact) mass is 213 g/mol. The Morgan fingerprint density at radius 3 is 3.14 bits per heavy atom. The van der Waals surface area contributed by atoms with Crippen LogP contribution in [0.1, 0.15) is 13.8 Å². The van der Waals surface area contributed by atoms with E-state index in [2.05, 4.69) is 12.8 Å². The lowest BCUT2D eigenvalue weighted by atomic mass is 10.1. The fraction of sp³-hybridized carbons (Fsp3) is 0.500. The van der Waals surface area contributed by atoms with Crippen LogP contribution in [0.3, 0.4) is 0 Å². The van der Waals surface area contributed by atoms with E-state index in [1.54, 1.807) is 11.2 Å². The summed E-state index contributed by atoms with van der Waals surface area (Å²) in [6, 6.07) is -0.0533. The van der Waals surface area contributed by atoms with Crippen LogP contribution in [-0.4, -0.2) is 29.5 Å². The van der Waals surface area contributed by atoms with Gasteiger partial charge in [0.05, 0.1) is 18.2 Å². The molecule has 3 nitrogen and oxygen atoms in total. The third-order valence-corrected chi connectivity index (χ3v) is 2.44. The molecule has 0 aromatic rings. The van der Waals surface area contributed by atoms with Crippen molar-refractivity contribution >= 4 is 18.8 Å². The predicted molar refractivity (Wildman–Crippen MR) is 59.0 cm³/mol. The second kappa shape index (κ2) is 5.22. The second-order valence-corrected chi connectivity index (χ2v) is 3.49. The van der Waals surface area contributed by atoms with E-state index in [4.69, 9.17) is 4.74 Å². The van der Waals surface area contributed by atoms with E-state index >= 15 is 0 Å². The van der Waals surface area contributed by atoms with Crippen LogP contribution in [0, 0.1) is 0 Å². The molecule has 78 valence electrons. The van der Waals surface area contributed by atoms with Crippen LogP contribution in [0.4, 0.5) is 0 Å². The van der Waals surface area contributed by atoms with E-state index in [1.165, 1.54) is 0 Å². The van der Waals surface area contributed by atoms with Crippen LogP contribution in [0.5, 0.6) is 0 Å². The van der Waals surface area contributed by atoms with Crippen molar-refractivity contribution in [3.63, 3.8) is 0 Å². The van der Waals surface area contributed by atoms with Gasteiger partial charge in [-0.2, -0.15) is 0 Å². The molecular formula is C10H15NO2S. The number of nitrogens with zero attached hydrogens (tertiary/aromatic N) is 1. The maximum absolute atomic E-state index is 11.5. The van der Waals surface area contributed by atoms with Gasteiger partial charge < -0.3 is 4.74 Å². The molecule has 1 atom stereocenters. The van der Waals surface area contributed by atoms with Crippen molar-refractivity contribution in [1.29, 1.82) is 0 Å². The summed E-state index contributed by atoms with van der Waals surface area (Å²) in [7, 11) is 0. The van der Waals surface area contributed by atoms with E-state index in [9.17, 15) is 4.79 Å². The molecule has 1 aliphatic heterocycles. The third-order valence-electron chi connectivity index (χ3n) is 2.02. The fourth-order valence-electron chi connectivity index (χ4n) is 1.39. The van der Waals surface area contributed by atoms with Crippen molar-refractivity contribution in [2.24, 2.45) is 0 Å². The first-order valence-corrected chi connectivity index (χ1v) is 5.06. The summed E-state index contributed by atoms with van der Waals surface area (Å²) in [4.78, 5) is 11.5. The van der Waals surface area contributed by atoms with Crippen molar-refractivity contribution in [3.8, 4) is 0 Å². The molecule has 0 amide bonds. The van der Waals surface area contributed by atoms with Gasteiger partial charge in [-0.3, -0.25) is 0 Å². The fourth-order valence-corrected chi connectivity index (χ4v) is 1.67. The number of ether oxygens (including phenoxy) is 1. The summed E-state index contributed by atoms with van der Waals surface area (Å²) in [5.74, 6) is -0.243. The normalized spacial score (nSPS) is 22.8. The van der Waals surface area contributed by atoms with Gasteiger partial charge in [0, 0.05) is 6.54 Å². The Morgan fingerprint density at radius 1 is 1.86 bits per heavy atom. The molecule has 0 aromatic carbocycles. The van der Waals surface area contributed by atoms with Gasteiger partial charge in [0.25, 0.3) is 0 Å². The van der Waals surface area contributed by atoms with E-state index < -0.39 is 0 Å². The van der Waals surface area contributed by atoms with Crippen LogP contribution < -0.4 is 0 Å². The molecule has 1 unspecified atom stereocenters. The Bertz CT molecular complexity index is 273. The van der Waals surface area contributed by atoms with Crippen molar-refractivity contribution in [3.05, 3.63) is 23.8 Å². The zero-order valence-corrected chi connectivity index (χ0v) is 9.33. The molecule has 0 saturated carbocycles. The number of thiol groups is 1. The van der Waals surface area contributed by atoms with Crippen molar-refractivity contribution < 1.29 is 9.53 Å². The molecule has 14 heavy (non-hydrogen) atoms. The number of hydrogen-bond donors (Lipinski definition) is 1. The molecule has 1 rings (SSSR count). The Morgan fingerprint density at radius 2 is 2.57 bits per heavy atom. The number of rotatable bonds is 3. The number of allylic oxidation sites excluding steroid dienone is 1. The summed E-state index contributed by atoms with van der Waals surface area (Å²) in [5.41, 5.74) is 0.681. The van der Waals surface area contributed by atoms with Crippen LogP contribution in [0.15, 0.2) is 23.8 Å². The first kappa shape index (κ1) is 11.3. The first-order valence-electron chi connectivity index (χ1n) is 4.66.